The Morgan fingerprint density at radius 1 is 1.75 bits per heavy atom. The minimum Gasteiger partial charge on any atom is -0.291 e. The summed E-state index contributed by atoms with van der Waals surface area (Å²) in [6.45, 7) is 0.838. The van der Waals surface area contributed by atoms with E-state index in [0.29, 0.717) is 5.57 Å². The highest BCUT2D eigenvalue weighted by Crippen LogP contribution is 1.97. The van der Waals surface area contributed by atoms with Gasteiger partial charge in [0.1, 0.15) is 6.07 Å². The van der Waals surface area contributed by atoms with Crippen LogP contribution >= 0.6 is 0 Å². The lowest BCUT2D eigenvalue weighted by Crippen LogP contribution is -1.90. The van der Waals surface area contributed by atoms with Gasteiger partial charge in [-0.3, -0.25) is 4.99 Å². The first kappa shape index (κ1) is 5.04. The van der Waals surface area contributed by atoms with Gasteiger partial charge in [-0.05, 0) is 6.42 Å². The van der Waals surface area contributed by atoms with E-state index in [4.69, 9.17) is 5.26 Å². The highest BCUT2D eigenvalue weighted by atomic mass is 14.7. The van der Waals surface area contributed by atoms with E-state index in [1.54, 1.807) is 6.21 Å². The standard InChI is InChI=1S/C6H6N2/c7-4-6-2-1-3-8-5-6/h2,5H,1,3H2. The van der Waals surface area contributed by atoms with Crippen LogP contribution in [0.5, 0.6) is 0 Å². The molecule has 0 atom stereocenters. The number of rotatable bonds is 0. The van der Waals surface area contributed by atoms with E-state index in [1.807, 2.05) is 12.1 Å². The third-order valence-corrected chi connectivity index (χ3v) is 0.982. The van der Waals surface area contributed by atoms with Crippen molar-refractivity contribution in [3.05, 3.63) is 11.6 Å². The third kappa shape index (κ3) is 0.941. The Morgan fingerprint density at radius 3 is 3.00 bits per heavy atom. The summed E-state index contributed by atoms with van der Waals surface area (Å²) in [7, 11) is 0. The van der Waals surface area contributed by atoms with Crippen LogP contribution in [0.25, 0.3) is 0 Å². The van der Waals surface area contributed by atoms with Crippen molar-refractivity contribution in [1.82, 2.24) is 0 Å². The number of dihydropyridines is 1. The molecule has 40 valence electrons. The fourth-order valence-electron chi connectivity index (χ4n) is 0.585. The quantitative estimate of drug-likeness (QED) is 0.452. The van der Waals surface area contributed by atoms with Gasteiger partial charge in [-0.2, -0.15) is 5.26 Å². The van der Waals surface area contributed by atoms with Gasteiger partial charge < -0.3 is 0 Å². The van der Waals surface area contributed by atoms with Crippen molar-refractivity contribution in [1.29, 1.82) is 5.26 Å². The molecule has 0 aromatic rings. The topological polar surface area (TPSA) is 36.1 Å². The normalized spacial score (nSPS) is 17.1. The van der Waals surface area contributed by atoms with Crippen molar-refractivity contribution in [2.75, 3.05) is 6.54 Å². The van der Waals surface area contributed by atoms with E-state index >= 15 is 0 Å². The lowest BCUT2D eigenvalue weighted by atomic mass is 10.2. The molecule has 2 heteroatoms. The summed E-state index contributed by atoms with van der Waals surface area (Å²) in [5.41, 5.74) is 0.691. The zero-order chi connectivity index (χ0) is 5.82. The second-order valence-electron chi connectivity index (χ2n) is 1.60. The Bertz CT molecular complexity index is 171. The Hall–Kier alpha value is -1.10. The number of allylic oxidation sites excluding steroid dienone is 1. The largest absolute Gasteiger partial charge is 0.291 e. The third-order valence-electron chi connectivity index (χ3n) is 0.982. The molecule has 0 fully saturated rings. The molecule has 1 aliphatic rings. The van der Waals surface area contributed by atoms with Crippen LogP contribution in [0.4, 0.5) is 0 Å². The van der Waals surface area contributed by atoms with Gasteiger partial charge in [0.15, 0.2) is 0 Å². The van der Waals surface area contributed by atoms with E-state index in [9.17, 15) is 0 Å². The molecule has 0 saturated heterocycles. The van der Waals surface area contributed by atoms with Gasteiger partial charge in [-0.1, -0.05) is 6.08 Å². The summed E-state index contributed by atoms with van der Waals surface area (Å²) in [5.74, 6) is 0. The van der Waals surface area contributed by atoms with Crippen LogP contribution in [0.15, 0.2) is 16.6 Å². The van der Waals surface area contributed by atoms with Crippen LogP contribution in [0.1, 0.15) is 6.42 Å². The maximum atomic E-state index is 8.28. The fraction of sp³-hybridized carbons (Fsp3) is 0.333. The molecule has 8 heavy (non-hydrogen) atoms. The van der Waals surface area contributed by atoms with Gasteiger partial charge in [0.25, 0.3) is 0 Å². The Kier molecular flexibility index (Phi) is 1.43. The Balaban J connectivity index is 2.68. The number of nitrogens with zero attached hydrogens (tertiary/aromatic N) is 2. The molecule has 1 rings (SSSR count). The monoisotopic (exact) mass is 106 g/mol. The molecule has 1 heterocycles. The lowest BCUT2D eigenvalue weighted by Gasteiger charge is -1.94. The Labute approximate surface area is 48.2 Å². The predicted molar refractivity (Wildman–Crippen MR) is 31.7 cm³/mol. The zero-order valence-corrected chi connectivity index (χ0v) is 4.46. The average Bonchev–Trinajstić information content (AvgIpc) is 1.90. The van der Waals surface area contributed by atoms with Crippen LogP contribution in [0.2, 0.25) is 0 Å². The smallest absolute Gasteiger partial charge is 0.100 e. The molecule has 0 aromatic carbocycles. The van der Waals surface area contributed by atoms with E-state index in [1.165, 1.54) is 0 Å². The first-order valence-corrected chi connectivity index (χ1v) is 2.53. The van der Waals surface area contributed by atoms with E-state index in [-0.39, 0.29) is 0 Å². The van der Waals surface area contributed by atoms with Crippen molar-refractivity contribution in [2.45, 2.75) is 6.42 Å². The molecule has 0 spiro atoms. The van der Waals surface area contributed by atoms with E-state index in [2.05, 4.69) is 4.99 Å². The molecule has 0 bridgehead atoms. The first-order valence-electron chi connectivity index (χ1n) is 2.53. The van der Waals surface area contributed by atoms with Gasteiger partial charge in [0.2, 0.25) is 0 Å². The zero-order valence-electron chi connectivity index (χ0n) is 4.46. The van der Waals surface area contributed by atoms with E-state index in [0.717, 1.165) is 13.0 Å². The van der Waals surface area contributed by atoms with Gasteiger partial charge >= 0.3 is 0 Å². The second-order valence-corrected chi connectivity index (χ2v) is 1.60. The Morgan fingerprint density at radius 2 is 2.62 bits per heavy atom. The number of aliphatic imine (C=N–C) groups is 1. The van der Waals surface area contributed by atoms with Crippen LogP contribution in [-0.2, 0) is 0 Å². The maximum absolute atomic E-state index is 8.28. The number of nitriles is 1. The van der Waals surface area contributed by atoms with Gasteiger partial charge in [-0.25, -0.2) is 0 Å². The molecule has 0 N–H and O–H groups in total. The van der Waals surface area contributed by atoms with Crippen molar-refractivity contribution in [3.8, 4) is 6.07 Å². The van der Waals surface area contributed by atoms with Gasteiger partial charge in [0.05, 0.1) is 5.57 Å². The first-order chi connectivity index (χ1) is 3.93. The van der Waals surface area contributed by atoms with Crippen molar-refractivity contribution >= 4 is 6.21 Å². The molecule has 0 aliphatic carbocycles. The molecule has 2 nitrogen and oxygen atoms in total. The van der Waals surface area contributed by atoms with Crippen LogP contribution in [0.3, 0.4) is 0 Å². The summed E-state index contributed by atoms with van der Waals surface area (Å²) in [6, 6.07) is 2.02. The predicted octanol–water partition coefficient (Wildman–Crippen LogP) is 0.911. The lowest BCUT2D eigenvalue weighted by molar-refractivity contribution is 0.995. The van der Waals surface area contributed by atoms with E-state index < -0.39 is 0 Å². The summed E-state index contributed by atoms with van der Waals surface area (Å²) >= 11 is 0. The molecule has 1 aliphatic heterocycles. The minimum absolute atomic E-state index is 0.691. The van der Waals surface area contributed by atoms with Crippen LogP contribution < -0.4 is 0 Å². The summed E-state index contributed by atoms with van der Waals surface area (Å²) in [6.07, 6.45) is 4.43. The van der Waals surface area contributed by atoms with Crippen LogP contribution in [0, 0.1) is 11.3 Å². The second kappa shape index (κ2) is 2.27. The molecule has 0 aromatic heterocycles. The summed E-state index contributed by atoms with van der Waals surface area (Å²) in [5, 5.41) is 8.28. The number of hydrogen-bond donors (Lipinski definition) is 0. The average molecular weight is 106 g/mol. The molecule has 0 saturated carbocycles. The van der Waals surface area contributed by atoms with Crippen molar-refractivity contribution in [3.63, 3.8) is 0 Å². The van der Waals surface area contributed by atoms with Gasteiger partial charge in [-0.15, -0.1) is 0 Å². The van der Waals surface area contributed by atoms with Crippen molar-refractivity contribution in [2.24, 2.45) is 4.99 Å². The molecular formula is C6H6N2. The fourth-order valence-corrected chi connectivity index (χ4v) is 0.585. The summed E-state index contributed by atoms with van der Waals surface area (Å²) < 4.78 is 0. The molecule has 0 unspecified atom stereocenters. The molecule has 0 amide bonds. The number of hydrogen-bond acceptors (Lipinski definition) is 2. The molecule has 0 radical (unpaired) electrons. The molecular weight excluding hydrogens is 100 g/mol. The maximum Gasteiger partial charge on any atom is 0.100 e. The van der Waals surface area contributed by atoms with Crippen LogP contribution in [-0.4, -0.2) is 12.8 Å². The summed E-state index contributed by atoms with van der Waals surface area (Å²) in [4.78, 5) is 3.91. The highest BCUT2D eigenvalue weighted by Gasteiger charge is 1.92. The van der Waals surface area contributed by atoms with Gasteiger partial charge in [0, 0.05) is 12.8 Å². The van der Waals surface area contributed by atoms with Crippen molar-refractivity contribution < 1.29 is 0 Å². The minimum atomic E-state index is 0.691. The highest BCUT2D eigenvalue weighted by molar-refractivity contribution is 5.84. The SMILES string of the molecule is N#CC1=CCCN=C1.